The first-order valence-corrected chi connectivity index (χ1v) is 5.68. The van der Waals surface area contributed by atoms with E-state index < -0.39 is 5.60 Å². The van der Waals surface area contributed by atoms with Gasteiger partial charge < -0.3 is 15.5 Å². The fourth-order valence-corrected chi connectivity index (χ4v) is 1.57. The first-order valence-electron chi connectivity index (χ1n) is 5.68. The molecule has 3 N–H and O–H groups in total. The number of aliphatic hydroxyl groups is 2. The first kappa shape index (κ1) is 13.2. The van der Waals surface area contributed by atoms with Gasteiger partial charge in [-0.3, -0.25) is 0 Å². The lowest BCUT2D eigenvalue weighted by molar-refractivity contribution is 0.0534. The Bertz CT molecular complexity index is 298. The molecule has 0 aromatic heterocycles. The van der Waals surface area contributed by atoms with E-state index >= 15 is 0 Å². The molecule has 3 nitrogen and oxygen atoms in total. The summed E-state index contributed by atoms with van der Waals surface area (Å²) >= 11 is 0. The number of aliphatic hydroxyl groups excluding tert-OH is 1. The topological polar surface area (TPSA) is 52.5 Å². The zero-order valence-electron chi connectivity index (χ0n) is 9.98. The van der Waals surface area contributed by atoms with Gasteiger partial charge in [0.1, 0.15) is 0 Å². The molecule has 1 aromatic rings. The predicted molar refractivity (Wildman–Crippen MR) is 65.2 cm³/mol. The van der Waals surface area contributed by atoms with Crippen LogP contribution in [0, 0.1) is 0 Å². The van der Waals surface area contributed by atoms with E-state index in [9.17, 15) is 5.11 Å². The molecule has 1 aromatic carbocycles. The van der Waals surface area contributed by atoms with Crippen molar-refractivity contribution in [1.29, 1.82) is 0 Å². The Morgan fingerprint density at radius 3 is 2.50 bits per heavy atom. The molecule has 0 aliphatic carbocycles. The molecule has 0 bridgehead atoms. The van der Waals surface area contributed by atoms with E-state index in [2.05, 4.69) is 5.32 Å². The number of hydrogen-bond donors (Lipinski definition) is 3. The van der Waals surface area contributed by atoms with Crippen LogP contribution >= 0.6 is 0 Å². The summed E-state index contributed by atoms with van der Waals surface area (Å²) in [6.07, 6.45) is 0.699. The molecule has 0 amide bonds. The fraction of sp³-hybridized carbons (Fsp3) is 0.538. The van der Waals surface area contributed by atoms with E-state index in [4.69, 9.17) is 5.11 Å². The summed E-state index contributed by atoms with van der Waals surface area (Å²) < 4.78 is 0. The summed E-state index contributed by atoms with van der Waals surface area (Å²) in [4.78, 5) is 0. The molecule has 0 saturated heterocycles. The summed E-state index contributed by atoms with van der Waals surface area (Å²) in [6, 6.07) is 9.81. The Morgan fingerprint density at radius 2 is 1.94 bits per heavy atom. The molecule has 0 heterocycles. The fourth-order valence-electron chi connectivity index (χ4n) is 1.57. The van der Waals surface area contributed by atoms with Gasteiger partial charge in [0.25, 0.3) is 0 Å². The lowest BCUT2D eigenvalue weighted by atomic mass is 9.96. The molecule has 3 heteroatoms. The van der Waals surface area contributed by atoms with Gasteiger partial charge in [0.05, 0.1) is 5.60 Å². The van der Waals surface area contributed by atoms with E-state index in [-0.39, 0.29) is 12.6 Å². The van der Waals surface area contributed by atoms with Crippen molar-refractivity contribution in [3.05, 3.63) is 35.9 Å². The lowest BCUT2D eigenvalue weighted by Crippen LogP contribution is -2.40. The van der Waals surface area contributed by atoms with Crippen molar-refractivity contribution in [2.24, 2.45) is 0 Å². The largest absolute Gasteiger partial charge is 0.396 e. The Hall–Kier alpha value is -0.900. The summed E-state index contributed by atoms with van der Waals surface area (Å²) in [5.74, 6) is 0. The lowest BCUT2D eigenvalue weighted by Gasteiger charge is -2.26. The minimum Gasteiger partial charge on any atom is -0.396 e. The molecular formula is C13H21NO2. The van der Waals surface area contributed by atoms with Crippen LogP contribution < -0.4 is 5.32 Å². The Balaban J connectivity index is 2.52. The van der Waals surface area contributed by atoms with Crippen molar-refractivity contribution < 1.29 is 10.2 Å². The summed E-state index contributed by atoms with van der Waals surface area (Å²) in [5, 5.41) is 22.3. The molecule has 90 valence electrons. The van der Waals surface area contributed by atoms with Crippen molar-refractivity contribution in [3.63, 3.8) is 0 Å². The molecule has 0 fully saturated rings. The standard InChI is InChI=1S/C13H21NO2/c1-11(8-9-15)14-10-13(2,16)12-6-4-3-5-7-12/h3-7,11,14-16H,8-10H2,1-2H3. The molecule has 16 heavy (non-hydrogen) atoms. The van der Waals surface area contributed by atoms with Crippen molar-refractivity contribution in [1.82, 2.24) is 5.32 Å². The molecule has 1 rings (SSSR count). The molecule has 0 radical (unpaired) electrons. The normalized spacial score (nSPS) is 16.8. The smallest absolute Gasteiger partial charge is 0.0992 e. The minimum atomic E-state index is -0.870. The second-order valence-electron chi connectivity index (χ2n) is 4.43. The molecule has 0 aliphatic heterocycles. The Kier molecular flexibility index (Phi) is 4.93. The van der Waals surface area contributed by atoms with E-state index in [1.54, 1.807) is 6.92 Å². The van der Waals surface area contributed by atoms with Gasteiger partial charge in [0.2, 0.25) is 0 Å². The average molecular weight is 223 g/mol. The van der Waals surface area contributed by atoms with E-state index in [0.29, 0.717) is 13.0 Å². The number of hydrogen-bond acceptors (Lipinski definition) is 3. The van der Waals surface area contributed by atoms with Gasteiger partial charge >= 0.3 is 0 Å². The summed E-state index contributed by atoms with van der Waals surface area (Å²) in [7, 11) is 0. The van der Waals surface area contributed by atoms with Crippen molar-refractivity contribution in [3.8, 4) is 0 Å². The van der Waals surface area contributed by atoms with Crippen LogP contribution in [-0.2, 0) is 5.60 Å². The Morgan fingerprint density at radius 1 is 1.31 bits per heavy atom. The first-order chi connectivity index (χ1) is 7.56. The maximum absolute atomic E-state index is 10.3. The van der Waals surface area contributed by atoms with Crippen LogP contribution in [0.2, 0.25) is 0 Å². The van der Waals surface area contributed by atoms with Crippen molar-refractivity contribution in [2.45, 2.75) is 31.9 Å². The maximum atomic E-state index is 10.3. The minimum absolute atomic E-state index is 0.168. The van der Waals surface area contributed by atoms with Crippen LogP contribution in [0.1, 0.15) is 25.8 Å². The van der Waals surface area contributed by atoms with Crippen LogP contribution in [0.3, 0.4) is 0 Å². The molecule has 0 aliphatic rings. The van der Waals surface area contributed by atoms with E-state index in [0.717, 1.165) is 5.56 Å². The highest BCUT2D eigenvalue weighted by atomic mass is 16.3. The molecule has 0 spiro atoms. The third-order valence-electron chi connectivity index (χ3n) is 2.75. The summed E-state index contributed by atoms with van der Waals surface area (Å²) in [5.41, 5.74) is 0.0315. The highest BCUT2D eigenvalue weighted by Crippen LogP contribution is 2.19. The number of benzene rings is 1. The highest BCUT2D eigenvalue weighted by Gasteiger charge is 2.22. The van der Waals surface area contributed by atoms with Gasteiger partial charge in [0, 0.05) is 19.2 Å². The number of rotatable bonds is 6. The number of nitrogens with one attached hydrogen (secondary N) is 1. The third kappa shape index (κ3) is 3.93. The van der Waals surface area contributed by atoms with Crippen molar-refractivity contribution in [2.75, 3.05) is 13.2 Å². The molecule has 0 saturated carbocycles. The zero-order valence-corrected chi connectivity index (χ0v) is 9.98. The average Bonchev–Trinajstić information content (AvgIpc) is 2.28. The van der Waals surface area contributed by atoms with Crippen LogP contribution in [0.5, 0.6) is 0 Å². The van der Waals surface area contributed by atoms with Gasteiger partial charge in [-0.1, -0.05) is 30.3 Å². The Labute approximate surface area is 97.1 Å². The van der Waals surface area contributed by atoms with Crippen LogP contribution in [0.25, 0.3) is 0 Å². The van der Waals surface area contributed by atoms with Gasteiger partial charge in [-0.05, 0) is 25.8 Å². The van der Waals surface area contributed by atoms with Crippen LogP contribution in [0.15, 0.2) is 30.3 Å². The highest BCUT2D eigenvalue weighted by molar-refractivity contribution is 5.21. The summed E-state index contributed by atoms with van der Waals surface area (Å²) in [6.45, 7) is 4.44. The molecule has 2 atom stereocenters. The SMILES string of the molecule is CC(CCO)NCC(C)(O)c1ccccc1. The molecule has 2 unspecified atom stereocenters. The van der Waals surface area contributed by atoms with Crippen molar-refractivity contribution >= 4 is 0 Å². The van der Waals surface area contributed by atoms with E-state index in [1.807, 2.05) is 37.3 Å². The van der Waals surface area contributed by atoms with Gasteiger partial charge in [-0.2, -0.15) is 0 Å². The maximum Gasteiger partial charge on any atom is 0.0992 e. The van der Waals surface area contributed by atoms with E-state index in [1.165, 1.54) is 0 Å². The second kappa shape index (κ2) is 5.99. The monoisotopic (exact) mass is 223 g/mol. The predicted octanol–water partition coefficient (Wildman–Crippen LogP) is 1.25. The second-order valence-corrected chi connectivity index (χ2v) is 4.43. The van der Waals surface area contributed by atoms with Crippen LogP contribution in [0.4, 0.5) is 0 Å². The van der Waals surface area contributed by atoms with Crippen LogP contribution in [-0.4, -0.2) is 29.4 Å². The zero-order chi connectivity index (χ0) is 12.0. The molecular weight excluding hydrogens is 202 g/mol. The van der Waals surface area contributed by atoms with Gasteiger partial charge in [-0.15, -0.1) is 0 Å². The van der Waals surface area contributed by atoms with Gasteiger partial charge in [0.15, 0.2) is 0 Å². The quantitative estimate of drug-likeness (QED) is 0.680. The third-order valence-corrected chi connectivity index (χ3v) is 2.75. The van der Waals surface area contributed by atoms with Gasteiger partial charge in [-0.25, -0.2) is 0 Å².